The first-order chi connectivity index (χ1) is 15.2. The minimum Gasteiger partial charge on any atom is -0.390 e. The van der Waals surface area contributed by atoms with Crippen LogP contribution in [0.5, 0.6) is 0 Å². The molecule has 3 N–H and O–H groups in total. The van der Waals surface area contributed by atoms with E-state index >= 15 is 0 Å². The molecule has 0 aliphatic carbocycles. The molecular formula is C26H31N3O3. The number of benzene rings is 2. The number of aliphatic hydroxyl groups is 1. The van der Waals surface area contributed by atoms with Crippen LogP contribution in [0.4, 0.5) is 5.69 Å². The molecule has 0 fully saturated rings. The average Bonchev–Trinajstić information content (AvgIpc) is 3.27. The van der Waals surface area contributed by atoms with Crippen LogP contribution in [0.15, 0.2) is 53.1 Å². The Morgan fingerprint density at radius 3 is 2.56 bits per heavy atom. The van der Waals surface area contributed by atoms with Crippen molar-refractivity contribution in [1.29, 1.82) is 0 Å². The lowest BCUT2D eigenvalue weighted by Crippen LogP contribution is -2.52. The van der Waals surface area contributed by atoms with Crippen LogP contribution in [-0.2, 0) is 10.3 Å². The molecule has 32 heavy (non-hydrogen) atoms. The molecule has 1 amide bonds. The van der Waals surface area contributed by atoms with Gasteiger partial charge in [0.1, 0.15) is 5.76 Å². The molecule has 0 saturated heterocycles. The highest BCUT2D eigenvalue weighted by molar-refractivity contribution is 6.08. The third-order valence-electron chi connectivity index (χ3n) is 6.99. The number of aryl methyl sites for hydroxylation is 2. The molecule has 0 saturated carbocycles. The van der Waals surface area contributed by atoms with Gasteiger partial charge in [0.05, 0.1) is 11.3 Å². The quantitative estimate of drug-likeness (QED) is 0.509. The highest BCUT2D eigenvalue weighted by Crippen LogP contribution is 2.43. The molecule has 2 heterocycles. The summed E-state index contributed by atoms with van der Waals surface area (Å²) in [7, 11) is 0. The minimum absolute atomic E-state index is 0.0596. The summed E-state index contributed by atoms with van der Waals surface area (Å²) in [4.78, 5) is 13.6. The number of carbonyl (C=O) groups excluding carboxylic acids is 1. The van der Waals surface area contributed by atoms with Crippen molar-refractivity contribution in [2.75, 3.05) is 11.9 Å². The van der Waals surface area contributed by atoms with Crippen molar-refractivity contribution in [3.8, 4) is 11.1 Å². The first-order valence-electron chi connectivity index (χ1n) is 11.1. The summed E-state index contributed by atoms with van der Waals surface area (Å²) < 4.78 is 5.38. The highest BCUT2D eigenvalue weighted by Gasteiger charge is 2.49. The fourth-order valence-electron chi connectivity index (χ4n) is 4.48. The molecule has 3 atom stereocenters. The van der Waals surface area contributed by atoms with Gasteiger partial charge in [-0.3, -0.25) is 10.1 Å². The second kappa shape index (κ2) is 8.19. The number of anilines is 1. The summed E-state index contributed by atoms with van der Waals surface area (Å²) >= 11 is 0. The number of fused-ring (bicyclic) bond motifs is 1. The predicted molar refractivity (Wildman–Crippen MR) is 125 cm³/mol. The minimum atomic E-state index is -1.07. The van der Waals surface area contributed by atoms with Gasteiger partial charge in [0, 0.05) is 23.4 Å². The molecule has 0 radical (unpaired) electrons. The summed E-state index contributed by atoms with van der Waals surface area (Å²) in [6.07, 6.45) is 0.632. The van der Waals surface area contributed by atoms with Gasteiger partial charge >= 0.3 is 0 Å². The summed E-state index contributed by atoms with van der Waals surface area (Å²) in [5.74, 6) is 0.555. The van der Waals surface area contributed by atoms with Crippen LogP contribution in [0, 0.1) is 19.8 Å². The third kappa shape index (κ3) is 3.53. The molecule has 2 aromatic carbocycles. The van der Waals surface area contributed by atoms with E-state index in [-0.39, 0.29) is 11.8 Å². The van der Waals surface area contributed by atoms with Crippen LogP contribution in [0.1, 0.15) is 49.8 Å². The second-order valence-corrected chi connectivity index (χ2v) is 9.02. The van der Waals surface area contributed by atoms with E-state index in [1.165, 1.54) is 0 Å². The van der Waals surface area contributed by atoms with Gasteiger partial charge in [-0.1, -0.05) is 55.4 Å². The van der Waals surface area contributed by atoms with E-state index in [0.29, 0.717) is 13.0 Å². The van der Waals surface area contributed by atoms with Gasteiger partial charge in [-0.05, 0) is 56.4 Å². The maximum absolute atomic E-state index is 13.6. The molecule has 6 heteroatoms. The summed E-state index contributed by atoms with van der Waals surface area (Å²) in [6.45, 7) is 10.1. The molecule has 0 bridgehead atoms. The SMILES string of the molecule is CCC(C)(O)C(C)CNC1(c2ccccc2)C(=O)Nc2ccc(-c3c(C)noc3C)cc21. The fourth-order valence-corrected chi connectivity index (χ4v) is 4.48. The fraction of sp³-hybridized carbons (Fsp3) is 0.385. The standard InChI is InChI=1S/C26H31N3O3/c1-6-25(5,31)16(2)15-27-26(20-10-8-7-9-11-20)21-14-19(12-13-22(21)28-24(26)30)23-17(3)29-32-18(23)4/h7-14,16,27,31H,6,15H2,1-5H3,(H,28,30). The van der Waals surface area contributed by atoms with Crippen molar-refractivity contribution < 1.29 is 14.4 Å². The highest BCUT2D eigenvalue weighted by atomic mass is 16.5. The topological polar surface area (TPSA) is 87.4 Å². The van der Waals surface area contributed by atoms with Gasteiger partial charge in [0.15, 0.2) is 5.54 Å². The second-order valence-electron chi connectivity index (χ2n) is 9.02. The molecular weight excluding hydrogens is 402 g/mol. The van der Waals surface area contributed by atoms with Gasteiger partial charge in [0.25, 0.3) is 5.91 Å². The number of nitrogens with one attached hydrogen (secondary N) is 2. The average molecular weight is 434 g/mol. The largest absolute Gasteiger partial charge is 0.390 e. The van der Waals surface area contributed by atoms with Crippen molar-refractivity contribution in [2.45, 2.75) is 52.2 Å². The lowest BCUT2D eigenvalue weighted by atomic mass is 9.81. The van der Waals surface area contributed by atoms with Crippen LogP contribution in [0.25, 0.3) is 11.1 Å². The summed E-state index contributed by atoms with van der Waals surface area (Å²) in [5, 5.41) is 21.5. The maximum atomic E-state index is 13.6. The van der Waals surface area contributed by atoms with Crippen LogP contribution >= 0.6 is 0 Å². The zero-order valence-corrected chi connectivity index (χ0v) is 19.3. The van der Waals surface area contributed by atoms with Crippen molar-refractivity contribution in [3.05, 3.63) is 71.1 Å². The third-order valence-corrected chi connectivity index (χ3v) is 6.99. The first kappa shape index (κ1) is 22.2. The Hall–Kier alpha value is -2.96. The van der Waals surface area contributed by atoms with E-state index in [1.807, 2.05) is 83.1 Å². The van der Waals surface area contributed by atoms with E-state index in [2.05, 4.69) is 15.8 Å². The van der Waals surface area contributed by atoms with Crippen LogP contribution < -0.4 is 10.6 Å². The van der Waals surface area contributed by atoms with Gasteiger partial charge in [-0.2, -0.15) is 0 Å². The van der Waals surface area contributed by atoms with Crippen molar-refractivity contribution in [3.63, 3.8) is 0 Å². The Labute approximate surface area is 189 Å². The maximum Gasteiger partial charge on any atom is 0.254 e. The van der Waals surface area contributed by atoms with Crippen LogP contribution in [-0.4, -0.2) is 28.3 Å². The molecule has 1 aliphatic heterocycles. The number of hydrogen-bond acceptors (Lipinski definition) is 5. The Bertz CT molecular complexity index is 1120. The van der Waals surface area contributed by atoms with E-state index in [1.54, 1.807) is 0 Å². The number of rotatable bonds is 7. The van der Waals surface area contributed by atoms with E-state index in [4.69, 9.17) is 4.52 Å². The van der Waals surface area contributed by atoms with Crippen molar-refractivity contribution in [2.24, 2.45) is 5.92 Å². The van der Waals surface area contributed by atoms with E-state index in [0.717, 1.165) is 39.4 Å². The Kier molecular flexibility index (Phi) is 5.69. The molecule has 4 rings (SSSR count). The van der Waals surface area contributed by atoms with Gasteiger partial charge < -0.3 is 14.9 Å². The Balaban J connectivity index is 1.85. The molecule has 0 spiro atoms. The summed E-state index contributed by atoms with van der Waals surface area (Å²) in [6, 6.07) is 15.7. The molecule has 3 aromatic rings. The number of nitrogens with zero attached hydrogens (tertiary/aromatic N) is 1. The number of aromatic nitrogens is 1. The van der Waals surface area contributed by atoms with Gasteiger partial charge in [-0.15, -0.1) is 0 Å². The van der Waals surface area contributed by atoms with Gasteiger partial charge in [-0.25, -0.2) is 0 Å². The molecule has 6 nitrogen and oxygen atoms in total. The first-order valence-corrected chi connectivity index (χ1v) is 11.1. The van der Waals surface area contributed by atoms with Crippen molar-refractivity contribution in [1.82, 2.24) is 10.5 Å². The Morgan fingerprint density at radius 1 is 1.22 bits per heavy atom. The molecule has 1 aliphatic rings. The monoisotopic (exact) mass is 433 g/mol. The van der Waals surface area contributed by atoms with E-state index in [9.17, 15) is 9.90 Å². The number of amides is 1. The Morgan fingerprint density at radius 2 is 1.94 bits per heavy atom. The normalized spacial score (nSPS) is 20.5. The van der Waals surface area contributed by atoms with Crippen LogP contribution in [0.2, 0.25) is 0 Å². The number of carbonyl (C=O) groups is 1. The lowest BCUT2D eigenvalue weighted by molar-refractivity contribution is -0.120. The molecule has 1 aromatic heterocycles. The van der Waals surface area contributed by atoms with E-state index < -0.39 is 11.1 Å². The molecule has 168 valence electrons. The zero-order chi connectivity index (χ0) is 23.1. The van der Waals surface area contributed by atoms with Crippen LogP contribution in [0.3, 0.4) is 0 Å². The lowest BCUT2D eigenvalue weighted by Gasteiger charge is -2.35. The van der Waals surface area contributed by atoms with Gasteiger partial charge in [0.2, 0.25) is 0 Å². The zero-order valence-electron chi connectivity index (χ0n) is 19.3. The summed E-state index contributed by atoms with van der Waals surface area (Å²) in [5.41, 5.74) is 3.29. The number of hydrogen-bond donors (Lipinski definition) is 3. The smallest absolute Gasteiger partial charge is 0.254 e. The van der Waals surface area contributed by atoms with Crippen molar-refractivity contribution >= 4 is 11.6 Å². The molecule has 3 unspecified atom stereocenters. The predicted octanol–water partition coefficient (Wildman–Crippen LogP) is 4.54.